The first kappa shape index (κ1) is 11.6. The molecule has 1 saturated carbocycles. The summed E-state index contributed by atoms with van der Waals surface area (Å²) in [5.74, 6) is 3.13. The molecular weight excluding hydrogens is 226 g/mol. The molecule has 2 aliphatic rings. The van der Waals surface area contributed by atoms with E-state index in [1.165, 1.54) is 49.4 Å². The van der Waals surface area contributed by atoms with Crippen LogP contribution in [0.25, 0.3) is 0 Å². The molecule has 1 aliphatic carbocycles. The van der Waals surface area contributed by atoms with Crippen LogP contribution in [0.3, 0.4) is 0 Å². The highest BCUT2D eigenvalue weighted by Gasteiger charge is 2.21. The van der Waals surface area contributed by atoms with E-state index in [1.807, 2.05) is 11.8 Å². The van der Waals surface area contributed by atoms with Crippen LogP contribution in [0.15, 0.2) is 29.2 Å². The summed E-state index contributed by atoms with van der Waals surface area (Å²) in [5.41, 5.74) is 1.54. The summed E-state index contributed by atoms with van der Waals surface area (Å²) in [6, 6.07) is 9.35. The van der Waals surface area contributed by atoms with E-state index >= 15 is 0 Å². The molecule has 0 aromatic heterocycles. The Morgan fingerprint density at radius 1 is 1.00 bits per heavy atom. The molecule has 1 aliphatic heterocycles. The Bertz CT molecular complexity index is 350. The number of rotatable bonds is 4. The third kappa shape index (κ3) is 3.26. The molecule has 17 heavy (non-hydrogen) atoms. The Balaban J connectivity index is 1.58. The average Bonchev–Trinajstić information content (AvgIpc) is 3.22. The number of hydrogen-bond donors (Lipinski definition) is 1. The van der Waals surface area contributed by atoms with Gasteiger partial charge < -0.3 is 5.32 Å². The van der Waals surface area contributed by atoms with E-state index in [9.17, 15) is 0 Å². The zero-order chi connectivity index (χ0) is 11.5. The first-order valence-electron chi connectivity index (χ1n) is 6.85. The second kappa shape index (κ2) is 5.45. The molecule has 1 N–H and O–H groups in total. The number of nitrogens with one attached hydrogen (secondary N) is 1. The summed E-state index contributed by atoms with van der Waals surface area (Å²) < 4.78 is 0. The van der Waals surface area contributed by atoms with Crippen LogP contribution in [0, 0.1) is 5.92 Å². The van der Waals surface area contributed by atoms with Crippen molar-refractivity contribution in [3.05, 3.63) is 29.8 Å². The summed E-state index contributed by atoms with van der Waals surface area (Å²) in [4.78, 5) is 1.45. The van der Waals surface area contributed by atoms with E-state index in [0.29, 0.717) is 0 Å². The maximum absolute atomic E-state index is 3.43. The van der Waals surface area contributed by atoms with Gasteiger partial charge in [-0.2, -0.15) is 0 Å². The highest BCUT2D eigenvalue weighted by Crippen LogP contribution is 2.35. The fraction of sp³-hybridized carbons (Fsp3) is 0.600. The molecule has 0 spiro atoms. The Kier molecular flexibility index (Phi) is 3.72. The molecule has 3 rings (SSSR count). The van der Waals surface area contributed by atoms with E-state index in [0.717, 1.165) is 11.8 Å². The van der Waals surface area contributed by atoms with Crippen LogP contribution in [0.1, 0.15) is 37.2 Å². The van der Waals surface area contributed by atoms with E-state index in [1.54, 1.807) is 5.56 Å². The molecule has 0 unspecified atom stereocenters. The van der Waals surface area contributed by atoms with Crippen LogP contribution in [-0.2, 0) is 0 Å². The van der Waals surface area contributed by atoms with Crippen LogP contribution in [-0.4, -0.2) is 18.8 Å². The Labute approximate surface area is 108 Å². The van der Waals surface area contributed by atoms with Gasteiger partial charge in [0, 0.05) is 10.6 Å². The lowest BCUT2D eigenvalue weighted by molar-refractivity contribution is 0.460. The fourth-order valence-corrected chi connectivity index (χ4v) is 3.58. The van der Waals surface area contributed by atoms with Crippen molar-refractivity contribution in [2.24, 2.45) is 5.92 Å². The predicted molar refractivity (Wildman–Crippen MR) is 74.7 cm³/mol. The van der Waals surface area contributed by atoms with Gasteiger partial charge in [-0.05, 0) is 68.3 Å². The van der Waals surface area contributed by atoms with Gasteiger partial charge >= 0.3 is 0 Å². The highest BCUT2D eigenvalue weighted by atomic mass is 32.2. The Morgan fingerprint density at radius 2 is 1.71 bits per heavy atom. The third-order valence-corrected chi connectivity index (χ3v) is 5.12. The smallest absolute Gasteiger partial charge is 0.00722 e. The highest BCUT2D eigenvalue weighted by molar-refractivity contribution is 7.99. The van der Waals surface area contributed by atoms with Gasteiger partial charge in [0.05, 0.1) is 0 Å². The summed E-state index contributed by atoms with van der Waals surface area (Å²) in [6.07, 6.45) is 5.52. The maximum Gasteiger partial charge on any atom is 0.00722 e. The lowest BCUT2D eigenvalue weighted by atomic mass is 9.90. The standard InChI is InChI=1S/C15H21NS/c1-2-12(1)11-17-15-5-3-13(4-6-15)14-7-9-16-10-8-14/h3-6,12,14,16H,1-2,7-11H2. The van der Waals surface area contributed by atoms with Crippen LogP contribution < -0.4 is 5.32 Å². The van der Waals surface area contributed by atoms with Crippen LogP contribution in [0.2, 0.25) is 0 Å². The number of piperidine rings is 1. The minimum absolute atomic E-state index is 0.790. The van der Waals surface area contributed by atoms with Crippen molar-refractivity contribution in [1.82, 2.24) is 5.32 Å². The van der Waals surface area contributed by atoms with E-state index in [-0.39, 0.29) is 0 Å². The van der Waals surface area contributed by atoms with E-state index in [2.05, 4.69) is 29.6 Å². The maximum atomic E-state index is 3.43. The number of hydrogen-bond acceptors (Lipinski definition) is 2. The van der Waals surface area contributed by atoms with E-state index < -0.39 is 0 Å². The average molecular weight is 247 g/mol. The molecule has 1 aromatic rings. The molecule has 0 atom stereocenters. The molecule has 0 amide bonds. The van der Waals surface area contributed by atoms with Gasteiger partial charge in [-0.25, -0.2) is 0 Å². The summed E-state index contributed by atoms with van der Waals surface area (Å²) in [7, 11) is 0. The molecular formula is C15H21NS. The Hall–Kier alpha value is -0.470. The molecule has 1 aromatic carbocycles. The molecule has 92 valence electrons. The van der Waals surface area contributed by atoms with Crippen molar-refractivity contribution in [2.75, 3.05) is 18.8 Å². The lowest BCUT2D eigenvalue weighted by Gasteiger charge is -2.23. The largest absolute Gasteiger partial charge is 0.317 e. The van der Waals surface area contributed by atoms with E-state index in [4.69, 9.17) is 0 Å². The minimum atomic E-state index is 0.790. The van der Waals surface area contributed by atoms with Gasteiger partial charge in [0.15, 0.2) is 0 Å². The summed E-state index contributed by atoms with van der Waals surface area (Å²) >= 11 is 2.03. The SMILES string of the molecule is c1cc(C2CCNCC2)ccc1SCC1CC1. The lowest BCUT2D eigenvalue weighted by Crippen LogP contribution is -2.26. The second-order valence-electron chi connectivity index (χ2n) is 5.35. The molecule has 1 heterocycles. The van der Waals surface area contributed by atoms with Gasteiger partial charge in [0.2, 0.25) is 0 Å². The van der Waals surface area contributed by atoms with Crippen molar-refractivity contribution in [1.29, 1.82) is 0 Å². The van der Waals surface area contributed by atoms with Crippen molar-refractivity contribution >= 4 is 11.8 Å². The first-order chi connectivity index (χ1) is 8.42. The van der Waals surface area contributed by atoms with Crippen molar-refractivity contribution in [3.63, 3.8) is 0 Å². The molecule has 2 fully saturated rings. The molecule has 1 saturated heterocycles. The number of benzene rings is 1. The van der Waals surface area contributed by atoms with Gasteiger partial charge in [-0.3, -0.25) is 0 Å². The normalized spacial score (nSPS) is 21.6. The summed E-state index contributed by atoms with van der Waals surface area (Å²) in [5, 5.41) is 3.43. The quantitative estimate of drug-likeness (QED) is 0.815. The van der Waals surface area contributed by atoms with Crippen molar-refractivity contribution in [2.45, 2.75) is 36.5 Å². The predicted octanol–water partition coefficient (Wildman–Crippen LogP) is 3.66. The third-order valence-electron chi connectivity index (χ3n) is 3.87. The summed E-state index contributed by atoms with van der Waals surface area (Å²) in [6.45, 7) is 2.37. The van der Waals surface area contributed by atoms with Crippen LogP contribution in [0.5, 0.6) is 0 Å². The van der Waals surface area contributed by atoms with Crippen molar-refractivity contribution in [3.8, 4) is 0 Å². The molecule has 0 bridgehead atoms. The van der Waals surface area contributed by atoms with Gasteiger partial charge in [0.1, 0.15) is 0 Å². The topological polar surface area (TPSA) is 12.0 Å². The fourth-order valence-electron chi connectivity index (χ4n) is 2.49. The molecule has 0 radical (unpaired) electrons. The minimum Gasteiger partial charge on any atom is -0.317 e. The molecule has 2 heteroatoms. The number of thioether (sulfide) groups is 1. The zero-order valence-corrected chi connectivity index (χ0v) is 11.1. The van der Waals surface area contributed by atoms with Gasteiger partial charge in [-0.1, -0.05) is 12.1 Å². The second-order valence-corrected chi connectivity index (χ2v) is 6.44. The van der Waals surface area contributed by atoms with Crippen molar-refractivity contribution < 1.29 is 0 Å². The van der Waals surface area contributed by atoms with Gasteiger partial charge in [0.25, 0.3) is 0 Å². The molecule has 1 nitrogen and oxygen atoms in total. The zero-order valence-electron chi connectivity index (χ0n) is 10.3. The first-order valence-corrected chi connectivity index (χ1v) is 7.84. The van der Waals surface area contributed by atoms with Crippen LogP contribution in [0.4, 0.5) is 0 Å². The monoisotopic (exact) mass is 247 g/mol. The Morgan fingerprint density at radius 3 is 2.35 bits per heavy atom. The van der Waals surface area contributed by atoms with Gasteiger partial charge in [-0.15, -0.1) is 11.8 Å². The van der Waals surface area contributed by atoms with Crippen LogP contribution >= 0.6 is 11.8 Å².